The molecular formula is C18H16ClN3O3S. The lowest BCUT2D eigenvalue weighted by molar-refractivity contribution is 0.0911. The number of amides is 2. The first-order chi connectivity index (χ1) is 12.5. The normalized spacial score (nSPS) is 10.5. The molecule has 0 radical (unpaired) electrons. The van der Waals surface area contributed by atoms with E-state index < -0.39 is 0 Å². The zero-order chi connectivity index (χ0) is 18.5. The van der Waals surface area contributed by atoms with Crippen molar-refractivity contribution in [3.05, 3.63) is 64.0 Å². The third-order valence-corrected chi connectivity index (χ3v) is 4.99. The number of halogens is 1. The van der Waals surface area contributed by atoms with Gasteiger partial charge < -0.3 is 15.1 Å². The molecule has 2 N–H and O–H groups in total. The Labute approximate surface area is 159 Å². The molecule has 0 fully saturated rings. The first-order valence-electron chi connectivity index (χ1n) is 7.88. The maximum absolute atomic E-state index is 12.3. The maximum atomic E-state index is 12.3. The Morgan fingerprint density at radius 3 is 2.46 bits per heavy atom. The van der Waals surface area contributed by atoms with Crippen molar-refractivity contribution in [2.24, 2.45) is 0 Å². The van der Waals surface area contributed by atoms with Crippen LogP contribution in [0.15, 0.2) is 47.1 Å². The van der Waals surface area contributed by atoms with Gasteiger partial charge in [-0.2, -0.15) is 0 Å². The Kier molecular flexibility index (Phi) is 5.70. The molecule has 134 valence electrons. The minimum absolute atomic E-state index is 0.215. The summed E-state index contributed by atoms with van der Waals surface area (Å²) in [6, 6.07) is 10.5. The smallest absolute Gasteiger partial charge is 0.287 e. The van der Waals surface area contributed by atoms with Crippen LogP contribution in [0, 0.1) is 6.92 Å². The van der Waals surface area contributed by atoms with Crippen LogP contribution in [-0.4, -0.2) is 29.9 Å². The predicted octanol–water partition coefficient (Wildman–Crippen LogP) is 3.52. The largest absolute Gasteiger partial charge is 0.459 e. The third kappa shape index (κ3) is 4.30. The van der Waals surface area contributed by atoms with E-state index in [4.69, 9.17) is 16.0 Å². The van der Waals surface area contributed by atoms with Crippen molar-refractivity contribution in [3.63, 3.8) is 0 Å². The van der Waals surface area contributed by atoms with Gasteiger partial charge in [0.05, 0.1) is 12.0 Å². The maximum Gasteiger partial charge on any atom is 0.287 e. The number of nitrogens with one attached hydrogen (secondary N) is 2. The summed E-state index contributed by atoms with van der Waals surface area (Å²) in [6.07, 6.45) is 1.43. The second-order valence-corrected chi connectivity index (χ2v) is 6.87. The fourth-order valence-corrected chi connectivity index (χ4v) is 3.36. The lowest BCUT2D eigenvalue weighted by atomic mass is 10.2. The quantitative estimate of drug-likeness (QED) is 0.632. The number of furan rings is 1. The lowest BCUT2D eigenvalue weighted by Gasteiger charge is -2.05. The third-order valence-electron chi connectivity index (χ3n) is 3.54. The Hall–Kier alpha value is -2.64. The predicted molar refractivity (Wildman–Crippen MR) is 101 cm³/mol. The summed E-state index contributed by atoms with van der Waals surface area (Å²) in [5.74, 6) is -0.294. The van der Waals surface area contributed by atoms with Crippen LogP contribution < -0.4 is 10.6 Å². The zero-order valence-electron chi connectivity index (χ0n) is 13.9. The van der Waals surface area contributed by atoms with E-state index in [1.165, 1.54) is 17.6 Å². The van der Waals surface area contributed by atoms with Gasteiger partial charge in [0.25, 0.3) is 11.8 Å². The van der Waals surface area contributed by atoms with E-state index in [-0.39, 0.29) is 17.6 Å². The number of aryl methyl sites for hydroxylation is 1. The van der Waals surface area contributed by atoms with Crippen molar-refractivity contribution >= 4 is 34.8 Å². The van der Waals surface area contributed by atoms with Crippen molar-refractivity contribution in [1.82, 2.24) is 15.6 Å². The molecule has 1 aromatic carbocycles. The molecular weight excluding hydrogens is 374 g/mol. The van der Waals surface area contributed by atoms with Crippen LogP contribution in [0.1, 0.15) is 25.9 Å². The van der Waals surface area contributed by atoms with Crippen molar-refractivity contribution in [3.8, 4) is 10.6 Å². The highest BCUT2D eigenvalue weighted by Crippen LogP contribution is 2.28. The molecule has 8 heteroatoms. The van der Waals surface area contributed by atoms with Gasteiger partial charge in [-0.25, -0.2) is 4.98 Å². The number of rotatable bonds is 6. The summed E-state index contributed by atoms with van der Waals surface area (Å²) in [5, 5.41) is 6.86. The minimum Gasteiger partial charge on any atom is -0.459 e. The van der Waals surface area contributed by atoms with Crippen LogP contribution in [0.5, 0.6) is 0 Å². The Balaban J connectivity index is 1.55. The van der Waals surface area contributed by atoms with Gasteiger partial charge in [0.15, 0.2) is 5.76 Å². The Morgan fingerprint density at radius 2 is 1.81 bits per heavy atom. The van der Waals surface area contributed by atoms with Gasteiger partial charge >= 0.3 is 0 Å². The fourth-order valence-electron chi connectivity index (χ4n) is 2.25. The van der Waals surface area contributed by atoms with E-state index in [9.17, 15) is 9.59 Å². The highest BCUT2D eigenvalue weighted by molar-refractivity contribution is 7.17. The number of nitrogens with zero attached hydrogens (tertiary/aromatic N) is 1. The molecule has 3 rings (SSSR count). The molecule has 0 aliphatic carbocycles. The van der Waals surface area contributed by atoms with Crippen LogP contribution in [0.25, 0.3) is 10.6 Å². The monoisotopic (exact) mass is 389 g/mol. The van der Waals surface area contributed by atoms with Crippen LogP contribution >= 0.6 is 22.9 Å². The minimum atomic E-state index is -0.316. The van der Waals surface area contributed by atoms with Gasteiger partial charge in [0.2, 0.25) is 0 Å². The van der Waals surface area contributed by atoms with Crippen LogP contribution in [0.2, 0.25) is 5.02 Å². The van der Waals surface area contributed by atoms with E-state index in [1.807, 2.05) is 12.1 Å². The SMILES string of the molecule is Cc1nc(-c2ccc(Cl)cc2)sc1C(=O)NCCNC(=O)c1ccco1. The summed E-state index contributed by atoms with van der Waals surface area (Å²) >= 11 is 7.22. The molecule has 2 amide bonds. The van der Waals surface area contributed by atoms with Crippen molar-refractivity contribution in [2.45, 2.75) is 6.92 Å². The van der Waals surface area contributed by atoms with Crippen molar-refractivity contribution in [1.29, 1.82) is 0 Å². The first kappa shape index (κ1) is 18.2. The van der Waals surface area contributed by atoms with E-state index in [0.29, 0.717) is 28.7 Å². The molecule has 0 bridgehead atoms. The molecule has 26 heavy (non-hydrogen) atoms. The van der Waals surface area contributed by atoms with E-state index in [2.05, 4.69) is 15.6 Å². The highest BCUT2D eigenvalue weighted by atomic mass is 35.5. The van der Waals surface area contributed by atoms with Gasteiger partial charge in [0, 0.05) is 23.7 Å². The van der Waals surface area contributed by atoms with Crippen LogP contribution in [0.4, 0.5) is 0 Å². The van der Waals surface area contributed by atoms with Gasteiger partial charge in [-0.15, -0.1) is 11.3 Å². The van der Waals surface area contributed by atoms with Gasteiger partial charge in [0.1, 0.15) is 9.88 Å². The average Bonchev–Trinajstić information content (AvgIpc) is 3.29. The molecule has 2 heterocycles. The molecule has 0 saturated heterocycles. The summed E-state index contributed by atoms with van der Waals surface area (Å²) < 4.78 is 5.00. The van der Waals surface area contributed by atoms with Gasteiger partial charge in [-0.05, 0) is 31.2 Å². The second kappa shape index (κ2) is 8.16. The van der Waals surface area contributed by atoms with E-state index in [1.54, 1.807) is 31.2 Å². The molecule has 2 aromatic heterocycles. The summed E-state index contributed by atoms with van der Waals surface area (Å²) in [4.78, 5) is 29.1. The average molecular weight is 390 g/mol. The number of thiazole rings is 1. The highest BCUT2D eigenvalue weighted by Gasteiger charge is 2.16. The number of benzene rings is 1. The van der Waals surface area contributed by atoms with Crippen LogP contribution in [0.3, 0.4) is 0 Å². The van der Waals surface area contributed by atoms with Crippen molar-refractivity contribution in [2.75, 3.05) is 13.1 Å². The first-order valence-corrected chi connectivity index (χ1v) is 9.07. The number of aromatic nitrogens is 1. The molecule has 0 atom stereocenters. The standard InChI is InChI=1S/C18H16ClN3O3S/c1-11-15(26-18(22-11)12-4-6-13(19)7-5-12)17(24)21-9-8-20-16(23)14-3-2-10-25-14/h2-7,10H,8-9H2,1H3,(H,20,23)(H,21,24). The van der Waals surface area contributed by atoms with Gasteiger partial charge in [-0.3, -0.25) is 9.59 Å². The van der Waals surface area contributed by atoms with Crippen molar-refractivity contribution < 1.29 is 14.0 Å². The molecule has 0 saturated carbocycles. The number of hydrogen-bond acceptors (Lipinski definition) is 5. The Bertz CT molecular complexity index is 904. The lowest BCUT2D eigenvalue weighted by Crippen LogP contribution is -2.34. The molecule has 0 aliphatic heterocycles. The molecule has 6 nitrogen and oxygen atoms in total. The summed E-state index contributed by atoms with van der Waals surface area (Å²) in [5.41, 5.74) is 1.57. The summed E-state index contributed by atoms with van der Waals surface area (Å²) in [7, 11) is 0. The van der Waals surface area contributed by atoms with E-state index >= 15 is 0 Å². The number of carbonyl (C=O) groups is 2. The fraction of sp³-hybridized carbons (Fsp3) is 0.167. The topological polar surface area (TPSA) is 84.2 Å². The molecule has 0 unspecified atom stereocenters. The van der Waals surface area contributed by atoms with Crippen LogP contribution in [-0.2, 0) is 0 Å². The number of carbonyl (C=O) groups excluding carboxylic acids is 2. The van der Waals surface area contributed by atoms with E-state index in [0.717, 1.165) is 10.6 Å². The second-order valence-electron chi connectivity index (χ2n) is 5.43. The number of hydrogen-bond donors (Lipinski definition) is 2. The molecule has 0 spiro atoms. The van der Waals surface area contributed by atoms with Gasteiger partial charge in [-0.1, -0.05) is 23.7 Å². The Morgan fingerprint density at radius 1 is 1.12 bits per heavy atom. The molecule has 3 aromatic rings. The summed E-state index contributed by atoms with van der Waals surface area (Å²) in [6.45, 7) is 2.40. The molecule has 0 aliphatic rings. The zero-order valence-corrected chi connectivity index (χ0v) is 15.5.